The maximum Gasteiger partial charge on any atom is 0.302 e. The van der Waals surface area contributed by atoms with Gasteiger partial charge in [0.25, 0.3) is 5.69 Å². The molecule has 0 fully saturated rings. The van der Waals surface area contributed by atoms with Crippen LogP contribution in [0.15, 0.2) is 24.3 Å². The zero-order valence-corrected chi connectivity index (χ0v) is 9.52. The van der Waals surface area contributed by atoms with Crippen molar-refractivity contribution < 1.29 is 22.0 Å². The topological polar surface area (TPSA) is 86.5 Å². The van der Waals surface area contributed by atoms with Gasteiger partial charge in [-0.25, -0.2) is 0 Å². The molecule has 1 aromatic carbocycles. The van der Waals surface area contributed by atoms with Gasteiger partial charge >= 0.3 is 10.2 Å². The second-order valence-corrected chi connectivity index (χ2v) is 4.68. The van der Waals surface area contributed by atoms with Gasteiger partial charge in [0.2, 0.25) is 0 Å². The largest absolute Gasteiger partial charge is 0.494 e. The molecule has 0 unspecified atom stereocenters. The number of ether oxygens (including phenoxy) is 1. The van der Waals surface area contributed by atoms with Gasteiger partial charge in [0.15, 0.2) is 0 Å². The number of nitrogens with zero attached hydrogens (tertiary/aromatic N) is 1. The lowest BCUT2D eigenvalue weighted by molar-refractivity contribution is -0.384. The third kappa shape index (κ3) is 5.25. The first-order valence-electron chi connectivity index (χ1n) is 4.68. The smallest absolute Gasteiger partial charge is 0.302 e. The highest BCUT2D eigenvalue weighted by molar-refractivity contribution is 7.86. The molecule has 0 heterocycles. The molecule has 8 heteroatoms. The average Bonchev–Trinajstić information content (AvgIpc) is 2.24. The van der Waals surface area contributed by atoms with Crippen LogP contribution in [0.3, 0.4) is 0 Å². The zero-order valence-electron chi connectivity index (χ0n) is 8.71. The van der Waals surface area contributed by atoms with Crippen molar-refractivity contribution in [2.24, 2.45) is 0 Å². The molecular weight excluding hydrogens is 253 g/mol. The van der Waals surface area contributed by atoms with Crippen LogP contribution in [-0.2, 0) is 10.2 Å². The summed E-state index contributed by atoms with van der Waals surface area (Å²) in [6.45, 7) is 0.0287. The lowest BCUT2D eigenvalue weighted by Crippen LogP contribution is -2.05. The number of halogens is 1. The molecule has 1 rings (SSSR count). The molecule has 0 spiro atoms. The van der Waals surface area contributed by atoms with Gasteiger partial charge < -0.3 is 4.74 Å². The van der Waals surface area contributed by atoms with Crippen molar-refractivity contribution in [3.05, 3.63) is 34.4 Å². The van der Waals surface area contributed by atoms with Crippen molar-refractivity contribution in [1.29, 1.82) is 0 Å². The van der Waals surface area contributed by atoms with E-state index < -0.39 is 20.9 Å². The summed E-state index contributed by atoms with van der Waals surface area (Å²) in [7, 11) is -4.47. The minimum Gasteiger partial charge on any atom is -0.494 e. The van der Waals surface area contributed by atoms with E-state index in [0.717, 1.165) is 0 Å². The summed E-state index contributed by atoms with van der Waals surface area (Å²) in [5.74, 6) is -0.230. The first kappa shape index (κ1) is 13.4. The van der Waals surface area contributed by atoms with E-state index in [9.17, 15) is 22.4 Å². The van der Waals surface area contributed by atoms with Gasteiger partial charge in [-0.15, -0.1) is 3.89 Å². The highest BCUT2D eigenvalue weighted by Gasteiger charge is 2.07. The van der Waals surface area contributed by atoms with Crippen LogP contribution in [0.5, 0.6) is 5.75 Å². The molecule has 0 radical (unpaired) electrons. The fraction of sp³-hybridized carbons (Fsp3) is 0.333. The SMILES string of the molecule is O=[N+]([O-])c1ccc(OCCCS(=O)(=O)F)cc1. The van der Waals surface area contributed by atoms with E-state index in [1.165, 1.54) is 24.3 Å². The number of nitro benzene ring substituents is 1. The molecule has 1 aromatic rings. The maximum absolute atomic E-state index is 12.1. The fourth-order valence-corrected chi connectivity index (χ4v) is 1.55. The van der Waals surface area contributed by atoms with E-state index in [-0.39, 0.29) is 18.7 Å². The third-order valence-corrected chi connectivity index (χ3v) is 2.63. The fourth-order valence-electron chi connectivity index (χ4n) is 1.09. The van der Waals surface area contributed by atoms with E-state index in [2.05, 4.69) is 0 Å². The van der Waals surface area contributed by atoms with Crippen LogP contribution in [0.4, 0.5) is 9.57 Å². The second kappa shape index (κ2) is 5.58. The van der Waals surface area contributed by atoms with Crippen LogP contribution in [0.1, 0.15) is 6.42 Å². The van der Waals surface area contributed by atoms with Crippen molar-refractivity contribution >= 4 is 15.9 Å². The Hall–Kier alpha value is -1.70. The van der Waals surface area contributed by atoms with Crippen LogP contribution in [0.2, 0.25) is 0 Å². The molecule has 0 saturated heterocycles. The van der Waals surface area contributed by atoms with Crippen LogP contribution in [0, 0.1) is 10.1 Å². The minimum atomic E-state index is -4.47. The average molecular weight is 263 g/mol. The van der Waals surface area contributed by atoms with Crippen molar-refractivity contribution in [2.45, 2.75) is 6.42 Å². The lowest BCUT2D eigenvalue weighted by atomic mass is 10.3. The van der Waals surface area contributed by atoms with Gasteiger partial charge in [-0.1, -0.05) is 0 Å². The molecule has 0 bridgehead atoms. The van der Waals surface area contributed by atoms with Crippen molar-refractivity contribution in [1.82, 2.24) is 0 Å². The number of non-ortho nitro benzene ring substituents is 1. The molecule has 6 nitrogen and oxygen atoms in total. The predicted molar refractivity (Wildman–Crippen MR) is 58.1 cm³/mol. The van der Waals surface area contributed by atoms with E-state index >= 15 is 0 Å². The maximum atomic E-state index is 12.1. The summed E-state index contributed by atoms with van der Waals surface area (Å²) in [5.41, 5.74) is -0.0660. The first-order valence-corrected chi connectivity index (χ1v) is 6.23. The van der Waals surface area contributed by atoms with Crippen molar-refractivity contribution in [3.63, 3.8) is 0 Å². The molecule has 0 saturated carbocycles. The molecule has 0 aliphatic heterocycles. The number of nitro groups is 1. The van der Waals surface area contributed by atoms with Crippen LogP contribution < -0.4 is 4.74 Å². The van der Waals surface area contributed by atoms with Gasteiger partial charge in [0, 0.05) is 12.1 Å². The van der Waals surface area contributed by atoms with E-state index in [0.29, 0.717) is 5.75 Å². The molecule has 94 valence electrons. The van der Waals surface area contributed by atoms with E-state index in [1.54, 1.807) is 0 Å². The molecule has 0 aliphatic carbocycles. The Morgan fingerprint density at radius 2 is 1.88 bits per heavy atom. The summed E-state index contributed by atoms with van der Waals surface area (Å²) >= 11 is 0. The second-order valence-electron chi connectivity index (χ2n) is 3.20. The Balaban J connectivity index is 2.40. The quantitative estimate of drug-likeness (QED) is 0.337. The van der Waals surface area contributed by atoms with Gasteiger partial charge in [-0.05, 0) is 18.6 Å². The molecule has 0 atom stereocenters. The molecule has 0 aliphatic rings. The Morgan fingerprint density at radius 3 is 2.35 bits per heavy atom. The monoisotopic (exact) mass is 263 g/mol. The Kier molecular flexibility index (Phi) is 4.38. The Bertz CT molecular complexity index is 485. The zero-order chi connectivity index (χ0) is 12.9. The summed E-state index contributed by atoms with van der Waals surface area (Å²) < 4.78 is 37.5. The molecular formula is C9H10FNO5S. The predicted octanol–water partition coefficient (Wildman–Crippen LogP) is 1.66. The lowest BCUT2D eigenvalue weighted by Gasteiger charge is -2.04. The van der Waals surface area contributed by atoms with Crippen LogP contribution >= 0.6 is 0 Å². The van der Waals surface area contributed by atoms with E-state index in [1.807, 2.05) is 0 Å². The number of hydrogen-bond acceptors (Lipinski definition) is 5. The number of benzene rings is 1. The van der Waals surface area contributed by atoms with Gasteiger partial charge in [0.1, 0.15) is 5.75 Å². The molecule has 0 amide bonds. The summed E-state index contributed by atoms with van der Waals surface area (Å²) in [5, 5.41) is 10.3. The summed E-state index contributed by atoms with van der Waals surface area (Å²) in [6, 6.07) is 5.31. The molecule has 0 N–H and O–H groups in total. The minimum absolute atomic E-state index is 0.0236. The standard InChI is InChI=1S/C9H10FNO5S/c10-17(14,15)7-1-6-16-9-4-2-8(3-5-9)11(12)13/h2-5H,1,6-7H2. The first-order chi connectivity index (χ1) is 7.88. The van der Waals surface area contributed by atoms with Gasteiger partial charge in [-0.2, -0.15) is 8.42 Å². The molecule has 0 aromatic heterocycles. The van der Waals surface area contributed by atoms with Gasteiger partial charge in [0.05, 0.1) is 17.3 Å². The number of rotatable bonds is 6. The normalized spacial score (nSPS) is 11.1. The summed E-state index contributed by atoms with van der Waals surface area (Å²) in [6.07, 6.45) is 0.0236. The Labute approximate surface area is 97.4 Å². The van der Waals surface area contributed by atoms with Crippen molar-refractivity contribution in [3.8, 4) is 5.75 Å². The Morgan fingerprint density at radius 1 is 1.29 bits per heavy atom. The van der Waals surface area contributed by atoms with Crippen molar-refractivity contribution in [2.75, 3.05) is 12.4 Å². The third-order valence-electron chi connectivity index (χ3n) is 1.85. The highest BCUT2D eigenvalue weighted by atomic mass is 32.3. The van der Waals surface area contributed by atoms with Crippen LogP contribution in [-0.4, -0.2) is 25.7 Å². The number of hydrogen-bond donors (Lipinski definition) is 0. The van der Waals surface area contributed by atoms with Gasteiger partial charge in [-0.3, -0.25) is 10.1 Å². The summed E-state index contributed by atoms with van der Waals surface area (Å²) in [4.78, 5) is 9.80. The molecule has 17 heavy (non-hydrogen) atoms. The van der Waals surface area contributed by atoms with Crippen LogP contribution in [0.25, 0.3) is 0 Å². The highest BCUT2D eigenvalue weighted by Crippen LogP contribution is 2.17. The van der Waals surface area contributed by atoms with E-state index in [4.69, 9.17) is 4.74 Å².